The van der Waals surface area contributed by atoms with Crippen molar-refractivity contribution >= 4 is 11.4 Å². The van der Waals surface area contributed by atoms with E-state index in [1.165, 1.54) is 12.3 Å². The van der Waals surface area contributed by atoms with Gasteiger partial charge < -0.3 is 9.80 Å². The molecule has 0 saturated heterocycles. The Morgan fingerprint density at radius 1 is 0.963 bits per heavy atom. The van der Waals surface area contributed by atoms with E-state index in [1.807, 2.05) is 16.8 Å². The summed E-state index contributed by atoms with van der Waals surface area (Å²) in [5.74, 6) is -2.22. The van der Waals surface area contributed by atoms with Crippen molar-refractivity contribution in [3.8, 4) is 11.3 Å². The van der Waals surface area contributed by atoms with Gasteiger partial charge in [-0.05, 0) is 43.4 Å². The van der Waals surface area contributed by atoms with Crippen LogP contribution in [-0.2, 0) is 6.54 Å². The molecular formula is C20H17F3N4. The van der Waals surface area contributed by atoms with E-state index in [4.69, 9.17) is 0 Å². The first kappa shape index (κ1) is 17.5. The number of nitrogens with zero attached hydrogens (tertiary/aromatic N) is 4. The third-order valence-corrected chi connectivity index (χ3v) is 4.71. The van der Waals surface area contributed by atoms with Gasteiger partial charge >= 0.3 is 0 Å². The van der Waals surface area contributed by atoms with Gasteiger partial charge in [0.15, 0.2) is 11.6 Å². The number of hydrogen-bond acceptors (Lipinski definition) is 4. The normalized spacial score (nSPS) is 14.7. The largest absolute Gasteiger partial charge is 0.340 e. The summed E-state index contributed by atoms with van der Waals surface area (Å²) in [7, 11) is 1.90. The highest BCUT2D eigenvalue weighted by molar-refractivity contribution is 5.72. The number of aromatic nitrogens is 2. The Morgan fingerprint density at radius 2 is 1.81 bits per heavy atom. The van der Waals surface area contributed by atoms with Crippen molar-refractivity contribution in [2.24, 2.45) is 0 Å². The number of halogens is 3. The zero-order chi connectivity index (χ0) is 19.0. The maximum atomic E-state index is 15.4. The molecule has 0 N–H and O–H groups in total. The van der Waals surface area contributed by atoms with Gasteiger partial charge in [0, 0.05) is 54.4 Å². The van der Waals surface area contributed by atoms with Crippen LogP contribution in [0.3, 0.4) is 0 Å². The molecule has 4 nitrogen and oxygen atoms in total. The molecule has 138 valence electrons. The van der Waals surface area contributed by atoms with E-state index >= 15 is 4.39 Å². The van der Waals surface area contributed by atoms with Crippen LogP contribution >= 0.6 is 0 Å². The van der Waals surface area contributed by atoms with E-state index < -0.39 is 11.6 Å². The van der Waals surface area contributed by atoms with Crippen molar-refractivity contribution in [3.63, 3.8) is 0 Å². The SMILES string of the molecule is CN1CCN(c2ccc(F)c(F)c2)c2ccc(-c3cccnn3)c(F)c2C1. The molecule has 2 heterocycles. The van der Waals surface area contributed by atoms with Crippen molar-refractivity contribution in [1.82, 2.24) is 15.1 Å². The second kappa shape index (κ2) is 7.00. The van der Waals surface area contributed by atoms with Gasteiger partial charge in [-0.15, -0.1) is 0 Å². The summed E-state index contributed by atoms with van der Waals surface area (Å²) in [5.41, 5.74) is 2.42. The van der Waals surface area contributed by atoms with Crippen LogP contribution in [0.15, 0.2) is 48.7 Å². The average molecular weight is 370 g/mol. The number of rotatable bonds is 2. The Kier molecular flexibility index (Phi) is 4.53. The highest BCUT2D eigenvalue weighted by atomic mass is 19.2. The Bertz CT molecular complexity index is 978. The van der Waals surface area contributed by atoms with Gasteiger partial charge in [-0.2, -0.15) is 10.2 Å². The van der Waals surface area contributed by atoms with Crippen LogP contribution in [0.4, 0.5) is 24.5 Å². The minimum absolute atomic E-state index is 0.363. The molecule has 0 atom stereocenters. The van der Waals surface area contributed by atoms with E-state index in [1.54, 1.807) is 24.3 Å². The molecule has 0 radical (unpaired) electrons. The summed E-state index contributed by atoms with van der Waals surface area (Å²) in [5, 5.41) is 7.80. The molecule has 2 aromatic carbocycles. The summed E-state index contributed by atoms with van der Waals surface area (Å²) in [6.07, 6.45) is 1.53. The van der Waals surface area contributed by atoms with Crippen LogP contribution in [0.25, 0.3) is 11.3 Å². The van der Waals surface area contributed by atoms with Gasteiger partial charge in [-0.1, -0.05) is 0 Å². The molecule has 0 aliphatic carbocycles. The molecular weight excluding hydrogens is 353 g/mol. The van der Waals surface area contributed by atoms with E-state index in [0.717, 1.165) is 12.1 Å². The van der Waals surface area contributed by atoms with Gasteiger partial charge in [0.25, 0.3) is 0 Å². The second-order valence-electron chi connectivity index (χ2n) is 6.52. The quantitative estimate of drug-likeness (QED) is 0.679. The summed E-state index contributed by atoms with van der Waals surface area (Å²) >= 11 is 0. The maximum absolute atomic E-state index is 15.4. The molecule has 1 aliphatic heterocycles. The Labute approximate surface area is 154 Å². The van der Waals surface area contributed by atoms with Gasteiger partial charge in [-0.25, -0.2) is 13.2 Å². The molecule has 4 rings (SSSR count). The van der Waals surface area contributed by atoms with Crippen molar-refractivity contribution < 1.29 is 13.2 Å². The number of benzene rings is 2. The van der Waals surface area contributed by atoms with Crippen molar-refractivity contribution in [2.45, 2.75) is 6.54 Å². The lowest BCUT2D eigenvalue weighted by atomic mass is 10.0. The predicted octanol–water partition coefficient (Wildman–Crippen LogP) is 4.14. The number of hydrogen-bond donors (Lipinski definition) is 0. The highest BCUT2D eigenvalue weighted by Crippen LogP contribution is 2.36. The van der Waals surface area contributed by atoms with Crippen molar-refractivity contribution in [1.29, 1.82) is 0 Å². The predicted molar refractivity (Wildman–Crippen MR) is 97.1 cm³/mol. The maximum Gasteiger partial charge on any atom is 0.160 e. The van der Waals surface area contributed by atoms with Crippen molar-refractivity contribution in [2.75, 3.05) is 25.0 Å². The zero-order valence-electron chi connectivity index (χ0n) is 14.7. The van der Waals surface area contributed by atoms with Gasteiger partial charge in [0.1, 0.15) is 5.82 Å². The van der Waals surface area contributed by atoms with Gasteiger partial charge in [0.05, 0.1) is 5.69 Å². The van der Waals surface area contributed by atoms with Crippen molar-refractivity contribution in [3.05, 3.63) is 71.7 Å². The fourth-order valence-corrected chi connectivity index (χ4v) is 3.32. The van der Waals surface area contributed by atoms with Crippen LogP contribution in [0.5, 0.6) is 0 Å². The first-order valence-corrected chi connectivity index (χ1v) is 8.55. The van der Waals surface area contributed by atoms with E-state index in [9.17, 15) is 8.78 Å². The lowest BCUT2D eigenvalue weighted by Crippen LogP contribution is -2.26. The molecule has 1 aliphatic rings. The monoisotopic (exact) mass is 370 g/mol. The Hall–Kier alpha value is -2.93. The fourth-order valence-electron chi connectivity index (χ4n) is 3.32. The van der Waals surface area contributed by atoms with Crippen LogP contribution < -0.4 is 4.90 Å². The molecule has 3 aromatic rings. The number of fused-ring (bicyclic) bond motifs is 1. The lowest BCUT2D eigenvalue weighted by Gasteiger charge is -2.25. The Morgan fingerprint density at radius 3 is 2.56 bits per heavy atom. The molecule has 0 saturated carbocycles. The second-order valence-corrected chi connectivity index (χ2v) is 6.52. The fraction of sp³-hybridized carbons (Fsp3) is 0.200. The van der Waals surface area contributed by atoms with Crippen LogP contribution in [0.1, 0.15) is 5.56 Å². The first-order chi connectivity index (χ1) is 13.0. The van der Waals surface area contributed by atoms with Gasteiger partial charge in [-0.3, -0.25) is 0 Å². The first-order valence-electron chi connectivity index (χ1n) is 8.55. The third kappa shape index (κ3) is 3.26. The smallest absolute Gasteiger partial charge is 0.160 e. The third-order valence-electron chi connectivity index (χ3n) is 4.71. The lowest BCUT2D eigenvalue weighted by molar-refractivity contribution is 0.338. The molecule has 7 heteroatoms. The van der Waals surface area contributed by atoms with E-state index in [-0.39, 0.29) is 5.82 Å². The average Bonchev–Trinajstić information content (AvgIpc) is 2.84. The summed E-state index contributed by atoms with van der Waals surface area (Å²) in [6, 6.07) is 10.6. The van der Waals surface area contributed by atoms with Crippen LogP contribution in [0, 0.1) is 17.5 Å². The number of anilines is 2. The number of likely N-dealkylation sites (N-methyl/N-ethyl adjacent to an activating group) is 1. The summed E-state index contributed by atoms with van der Waals surface area (Å²) < 4.78 is 42.5. The van der Waals surface area contributed by atoms with Gasteiger partial charge in [0.2, 0.25) is 0 Å². The molecule has 0 bridgehead atoms. The minimum Gasteiger partial charge on any atom is -0.340 e. The Balaban J connectivity index is 1.85. The topological polar surface area (TPSA) is 32.3 Å². The molecule has 0 unspecified atom stereocenters. The molecule has 1 aromatic heterocycles. The van der Waals surface area contributed by atoms with E-state index in [2.05, 4.69) is 10.2 Å². The minimum atomic E-state index is -0.927. The molecule has 0 amide bonds. The zero-order valence-corrected chi connectivity index (χ0v) is 14.7. The highest BCUT2D eigenvalue weighted by Gasteiger charge is 2.25. The van der Waals surface area contributed by atoms with Crippen LogP contribution in [-0.4, -0.2) is 35.2 Å². The molecule has 0 spiro atoms. The standard InChI is InChI=1S/C20H17F3N4/c1-26-9-10-27(13-4-6-16(21)17(22)11-13)19-7-5-14(20(23)15(19)12-26)18-3-2-8-24-25-18/h2-8,11H,9-10,12H2,1H3. The molecule has 0 fully saturated rings. The van der Waals surface area contributed by atoms with Crippen LogP contribution in [0.2, 0.25) is 0 Å². The summed E-state index contributed by atoms with van der Waals surface area (Å²) in [4.78, 5) is 3.80. The molecule has 27 heavy (non-hydrogen) atoms. The summed E-state index contributed by atoms with van der Waals surface area (Å²) in [6.45, 7) is 1.57. The van der Waals surface area contributed by atoms with E-state index in [0.29, 0.717) is 47.8 Å².